The maximum Gasteiger partial charge on any atom is 0.150 e. The molecule has 0 bridgehead atoms. The molecule has 2 heterocycles. The first-order valence-corrected chi connectivity index (χ1v) is 12.5. The van der Waals surface area contributed by atoms with Crippen molar-refractivity contribution < 1.29 is 13.9 Å². The van der Waals surface area contributed by atoms with E-state index >= 15 is 0 Å². The Morgan fingerprint density at radius 1 is 1.14 bits per heavy atom. The molecule has 1 aliphatic carbocycles. The zero-order chi connectivity index (χ0) is 25.3. The van der Waals surface area contributed by atoms with Gasteiger partial charge in [0, 0.05) is 41.6 Å². The summed E-state index contributed by atoms with van der Waals surface area (Å²) in [4.78, 5) is 4.84. The largest absolute Gasteiger partial charge is 0.495 e. The number of hydrogen-bond donors (Lipinski definition) is 2. The van der Waals surface area contributed by atoms with E-state index in [1.807, 2.05) is 41.1 Å². The minimum Gasteiger partial charge on any atom is -0.495 e. The molecule has 3 N–H and O–H groups in total. The lowest BCUT2D eigenvalue weighted by Crippen LogP contribution is -2.45. The molecule has 1 aliphatic rings. The van der Waals surface area contributed by atoms with Crippen LogP contribution in [0.25, 0.3) is 16.9 Å². The molecule has 0 spiro atoms. The van der Waals surface area contributed by atoms with Gasteiger partial charge >= 0.3 is 0 Å². The quantitative estimate of drug-likeness (QED) is 0.335. The number of rotatable bonds is 7. The second-order valence-electron chi connectivity index (χ2n) is 9.37. The maximum absolute atomic E-state index is 13.9. The summed E-state index contributed by atoms with van der Waals surface area (Å²) in [5.74, 6) is 0.902. The molecule has 1 fully saturated rings. The van der Waals surface area contributed by atoms with Crippen LogP contribution in [0.5, 0.6) is 11.5 Å². The fourth-order valence-corrected chi connectivity index (χ4v) is 5.36. The Kier molecular flexibility index (Phi) is 6.88. The Balaban J connectivity index is 1.32. The first-order valence-electron chi connectivity index (χ1n) is 12.1. The van der Waals surface area contributed by atoms with Gasteiger partial charge in [-0.05, 0) is 61.6 Å². The fourth-order valence-electron chi connectivity index (χ4n) is 5.04. The lowest BCUT2D eigenvalue weighted by Gasteiger charge is -2.38. The van der Waals surface area contributed by atoms with Gasteiger partial charge in [-0.1, -0.05) is 29.8 Å². The maximum atomic E-state index is 13.9. The van der Waals surface area contributed by atoms with E-state index in [-0.39, 0.29) is 5.82 Å². The number of benzene rings is 2. The number of hydrogen-bond acceptors (Lipinski definition) is 5. The van der Waals surface area contributed by atoms with Crippen molar-refractivity contribution in [3.05, 3.63) is 82.9 Å². The third kappa shape index (κ3) is 4.66. The van der Waals surface area contributed by atoms with Gasteiger partial charge in [-0.2, -0.15) is 0 Å². The highest BCUT2D eigenvalue weighted by Crippen LogP contribution is 2.42. The van der Waals surface area contributed by atoms with Crippen LogP contribution in [0.1, 0.15) is 36.8 Å². The average Bonchev–Trinajstić information content (AvgIpc) is 3.32. The molecule has 4 aromatic rings. The van der Waals surface area contributed by atoms with Crippen molar-refractivity contribution >= 4 is 17.2 Å². The number of methoxy groups -OCH3 is 2. The monoisotopic (exact) mass is 508 g/mol. The van der Waals surface area contributed by atoms with Crippen LogP contribution >= 0.6 is 11.6 Å². The van der Waals surface area contributed by atoms with Gasteiger partial charge in [0.2, 0.25) is 0 Å². The summed E-state index contributed by atoms with van der Waals surface area (Å²) in [5, 5.41) is 3.91. The van der Waals surface area contributed by atoms with Crippen LogP contribution in [0.3, 0.4) is 0 Å². The number of aromatic nitrogens is 2. The van der Waals surface area contributed by atoms with Gasteiger partial charge in [-0.3, -0.25) is 0 Å². The van der Waals surface area contributed by atoms with Gasteiger partial charge in [0.1, 0.15) is 22.2 Å². The summed E-state index contributed by atoms with van der Waals surface area (Å²) in [5.41, 5.74) is 10.6. The molecule has 0 aliphatic heterocycles. The molecule has 2 aromatic heterocycles. The topological polar surface area (TPSA) is 73.8 Å². The highest BCUT2D eigenvalue weighted by atomic mass is 35.5. The van der Waals surface area contributed by atoms with Gasteiger partial charge in [0.25, 0.3) is 0 Å². The Bertz CT molecular complexity index is 1380. The zero-order valence-electron chi connectivity index (χ0n) is 20.4. The van der Waals surface area contributed by atoms with E-state index in [2.05, 4.69) is 17.4 Å². The predicted molar refractivity (Wildman–Crippen MR) is 140 cm³/mol. The van der Waals surface area contributed by atoms with Crippen LogP contribution in [0, 0.1) is 5.82 Å². The third-order valence-electron chi connectivity index (χ3n) is 7.21. The van der Waals surface area contributed by atoms with E-state index in [1.54, 1.807) is 20.3 Å². The summed E-state index contributed by atoms with van der Waals surface area (Å²) in [6, 6.07) is 15.1. The molecule has 0 amide bonds. The predicted octanol–water partition coefficient (Wildman–Crippen LogP) is 5.70. The number of fused-ring (bicyclic) bond motifs is 1. The fraction of sp³-hybridized carbons (Fsp3) is 0.321. The second-order valence-corrected chi connectivity index (χ2v) is 9.75. The number of halogens is 2. The van der Waals surface area contributed by atoms with Crippen molar-refractivity contribution in [1.29, 1.82) is 0 Å². The summed E-state index contributed by atoms with van der Waals surface area (Å²) >= 11 is 6.46. The summed E-state index contributed by atoms with van der Waals surface area (Å²) in [6.45, 7) is 0.524. The third-order valence-corrected chi connectivity index (χ3v) is 7.57. The van der Waals surface area contributed by atoms with Crippen LogP contribution in [0.4, 0.5) is 4.39 Å². The number of nitrogens with one attached hydrogen (secondary N) is 1. The summed E-state index contributed by atoms with van der Waals surface area (Å²) < 4.78 is 26.8. The number of ether oxygens (including phenoxy) is 2. The minimum absolute atomic E-state index is 0.170. The molecule has 36 heavy (non-hydrogen) atoms. The first kappa shape index (κ1) is 24.6. The van der Waals surface area contributed by atoms with Crippen molar-refractivity contribution in [2.24, 2.45) is 5.73 Å². The van der Waals surface area contributed by atoms with Gasteiger partial charge in [-0.25, -0.2) is 9.37 Å². The van der Waals surface area contributed by atoms with E-state index in [1.165, 1.54) is 6.07 Å². The van der Waals surface area contributed by atoms with E-state index in [0.717, 1.165) is 48.2 Å². The van der Waals surface area contributed by atoms with Crippen LogP contribution < -0.4 is 20.5 Å². The summed E-state index contributed by atoms with van der Waals surface area (Å²) in [6.07, 6.45) is 7.48. The van der Waals surface area contributed by atoms with Gasteiger partial charge in [-0.15, -0.1) is 0 Å². The molecule has 0 saturated heterocycles. The molecule has 0 atom stereocenters. The molecule has 5 rings (SSSR count). The molecule has 8 heteroatoms. The van der Waals surface area contributed by atoms with Gasteiger partial charge in [0.05, 0.1) is 19.9 Å². The van der Waals surface area contributed by atoms with E-state index in [0.29, 0.717) is 34.7 Å². The van der Waals surface area contributed by atoms with Crippen molar-refractivity contribution in [1.82, 2.24) is 14.7 Å². The van der Waals surface area contributed by atoms with Crippen LogP contribution in [0.15, 0.2) is 60.9 Å². The Labute approximate surface area is 215 Å². The lowest BCUT2D eigenvalue weighted by atomic mass is 9.76. The summed E-state index contributed by atoms with van der Waals surface area (Å²) in [7, 11) is 3.15. The first-order chi connectivity index (χ1) is 17.4. The molecule has 6 nitrogen and oxygen atoms in total. The molecular weight excluding hydrogens is 479 g/mol. The Hall–Kier alpha value is -3.13. The molecule has 0 unspecified atom stereocenters. The number of nitrogens with zero attached hydrogens (tertiary/aromatic N) is 2. The molecular formula is C28H30ClFN4O2. The second kappa shape index (κ2) is 10.1. The van der Waals surface area contributed by atoms with E-state index < -0.39 is 5.54 Å². The van der Waals surface area contributed by atoms with Crippen molar-refractivity contribution in [3.63, 3.8) is 0 Å². The zero-order valence-corrected chi connectivity index (χ0v) is 21.2. The molecule has 0 radical (unpaired) electrons. The Morgan fingerprint density at radius 2 is 1.92 bits per heavy atom. The molecule has 188 valence electrons. The van der Waals surface area contributed by atoms with Crippen molar-refractivity contribution in [3.8, 4) is 22.8 Å². The highest BCUT2D eigenvalue weighted by molar-refractivity contribution is 6.34. The molecule has 2 aromatic carbocycles. The SMILES string of the molecule is COc1ccc(-c2cn3ccc(C4(N)CCC(NCc5ccccc5F)CC4)cc3n2)c(OC)c1Cl. The van der Waals surface area contributed by atoms with Gasteiger partial charge < -0.3 is 24.9 Å². The van der Waals surface area contributed by atoms with Crippen LogP contribution in [-0.2, 0) is 12.1 Å². The average molecular weight is 509 g/mol. The standard InChI is InChI=1S/C28H30ClFN4O2/c1-35-24-8-7-21(27(36-2)26(24)29)23-17-34-14-11-19(15-25(34)33-23)28(31)12-9-20(10-13-28)32-16-18-5-3-4-6-22(18)30/h3-8,11,14-15,17,20,32H,9-10,12-13,16,31H2,1-2H3. The number of nitrogens with two attached hydrogens (primary N) is 1. The normalized spacial score (nSPS) is 20.0. The number of pyridine rings is 1. The van der Waals surface area contributed by atoms with E-state index in [4.69, 9.17) is 31.8 Å². The number of imidazole rings is 1. The minimum atomic E-state index is -0.425. The van der Waals surface area contributed by atoms with E-state index in [9.17, 15) is 4.39 Å². The van der Waals surface area contributed by atoms with Crippen LogP contribution in [0.2, 0.25) is 5.02 Å². The van der Waals surface area contributed by atoms with Gasteiger partial charge in [0.15, 0.2) is 5.75 Å². The van der Waals surface area contributed by atoms with Crippen molar-refractivity contribution in [2.75, 3.05) is 14.2 Å². The Morgan fingerprint density at radius 3 is 2.64 bits per heavy atom. The smallest absolute Gasteiger partial charge is 0.150 e. The van der Waals surface area contributed by atoms with Crippen LogP contribution in [-0.4, -0.2) is 29.6 Å². The molecule has 1 saturated carbocycles. The highest BCUT2D eigenvalue weighted by Gasteiger charge is 2.33. The lowest BCUT2D eigenvalue weighted by molar-refractivity contribution is 0.250. The van der Waals surface area contributed by atoms with Crippen molar-refractivity contribution in [2.45, 2.75) is 43.8 Å².